The van der Waals surface area contributed by atoms with Crippen molar-refractivity contribution in [1.29, 1.82) is 0 Å². The Morgan fingerprint density at radius 1 is 1.25 bits per heavy atom. The summed E-state index contributed by atoms with van der Waals surface area (Å²) in [4.78, 5) is 17.2. The molecule has 2 aromatic rings. The van der Waals surface area contributed by atoms with Crippen molar-refractivity contribution in [3.63, 3.8) is 0 Å². The minimum atomic E-state index is -0.530. The average molecular weight is 446 g/mol. The van der Waals surface area contributed by atoms with Crippen LogP contribution in [0.5, 0.6) is 5.75 Å². The molecule has 0 aromatic heterocycles. The van der Waals surface area contributed by atoms with Gasteiger partial charge in [0.1, 0.15) is 17.4 Å². The Hall–Kier alpha value is -3.20. The lowest BCUT2D eigenvalue weighted by atomic mass is 10.0. The minimum Gasteiger partial charge on any atom is -0.484 e. The Bertz CT molecular complexity index is 933. The first kappa shape index (κ1) is 23.5. The summed E-state index contributed by atoms with van der Waals surface area (Å²) in [5.74, 6) is -0.358. The molecule has 1 fully saturated rings. The number of amides is 1. The number of nitrogens with two attached hydrogens (primary N) is 1. The second kappa shape index (κ2) is 11.4. The molecule has 1 amide bonds. The maximum absolute atomic E-state index is 14.0. The van der Waals surface area contributed by atoms with Crippen molar-refractivity contribution < 1.29 is 18.3 Å². The second-order valence-corrected chi connectivity index (χ2v) is 7.75. The summed E-state index contributed by atoms with van der Waals surface area (Å²) in [7, 11) is 1.69. The first-order valence-corrected chi connectivity index (χ1v) is 10.6. The number of likely N-dealkylation sites (tertiary alicyclic amines) is 1. The van der Waals surface area contributed by atoms with Crippen LogP contribution in [-0.2, 0) is 17.9 Å². The van der Waals surface area contributed by atoms with E-state index in [-0.39, 0.29) is 24.8 Å². The van der Waals surface area contributed by atoms with Crippen LogP contribution in [0.2, 0.25) is 0 Å². The smallest absolute Gasteiger partial charge is 0.255 e. The SMILES string of the molecule is CN=C(NCc1cccc(OCC(N)=O)c1)NC1CCCN(Cc2c(F)cccc2F)C1. The Labute approximate surface area is 186 Å². The molecule has 0 saturated carbocycles. The Morgan fingerprint density at radius 2 is 2.00 bits per heavy atom. The van der Waals surface area contributed by atoms with E-state index in [1.807, 2.05) is 18.2 Å². The molecule has 7 nitrogen and oxygen atoms in total. The Morgan fingerprint density at radius 3 is 2.72 bits per heavy atom. The van der Waals surface area contributed by atoms with Gasteiger partial charge < -0.3 is 21.1 Å². The second-order valence-electron chi connectivity index (χ2n) is 7.75. The van der Waals surface area contributed by atoms with Crippen molar-refractivity contribution in [3.8, 4) is 5.75 Å². The number of aliphatic imine (C=N–C) groups is 1. The molecule has 172 valence electrons. The summed E-state index contributed by atoms with van der Waals surface area (Å²) in [6.07, 6.45) is 1.86. The summed E-state index contributed by atoms with van der Waals surface area (Å²) in [6, 6.07) is 11.4. The van der Waals surface area contributed by atoms with Crippen molar-refractivity contribution >= 4 is 11.9 Å². The number of hydrogen-bond acceptors (Lipinski definition) is 4. The number of nitrogens with one attached hydrogen (secondary N) is 2. The summed E-state index contributed by atoms with van der Waals surface area (Å²) < 4.78 is 33.3. The van der Waals surface area contributed by atoms with Crippen LogP contribution in [-0.4, -0.2) is 49.6 Å². The average Bonchev–Trinajstić information content (AvgIpc) is 2.78. The fourth-order valence-corrected chi connectivity index (χ4v) is 3.70. The van der Waals surface area contributed by atoms with Gasteiger partial charge in [-0.2, -0.15) is 0 Å². The molecule has 4 N–H and O–H groups in total. The summed E-state index contributed by atoms with van der Waals surface area (Å²) in [5, 5.41) is 6.65. The van der Waals surface area contributed by atoms with Gasteiger partial charge >= 0.3 is 0 Å². The van der Waals surface area contributed by atoms with E-state index in [1.54, 1.807) is 13.1 Å². The molecule has 1 atom stereocenters. The van der Waals surface area contributed by atoms with Crippen LogP contribution in [0.4, 0.5) is 8.78 Å². The molecule has 1 unspecified atom stereocenters. The van der Waals surface area contributed by atoms with Gasteiger partial charge in [0.2, 0.25) is 0 Å². The fourth-order valence-electron chi connectivity index (χ4n) is 3.70. The molecule has 1 aliphatic rings. The van der Waals surface area contributed by atoms with E-state index in [9.17, 15) is 13.6 Å². The van der Waals surface area contributed by atoms with E-state index in [2.05, 4.69) is 20.5 Å². The van der Waals surface area contributed by atoms with Crippen LogP contribution in [0.3, 0.4) is 0 Å². The van der Waals surface area contributed by atoms with E-state index in [0.717, 1.165) is 24.9 Å². The fraction of sp³-hybridized carbons (Fsp3) is 0.391. The van der Waals surface area contributed by atoms with Gasteiger partial charge in [0.25, 0.3) is 5.91 Å². The van der Waals surface area contributed by atoms with Crippen molar-refractivity contribution in [2.24, 2.45) is 10.7 Å². The van der Waals surface area contributed by atoms with Crippen LogP contribution >= 0.6 is 0 Å². The zero-order valence-corrected chi connectivity index (χ0v) is 18.1. The normalized spacial score (nSPS) is 17.1. The first-order chi connectivity index (χ1) is 15.4. The first-order valence-electron chi connectivity index (χ1n) is 10.6. The predicted octanol–water partition coefficient (Wildman–Crippen LogP) is 2.16. The molecule has 1 saturated heterocycles. The molecular formula is C23H29F2N5O2. The quantitative estimate of drug-likeness (QED) is 0.428. The lowest BCUT2D eigenvalue weighted by Crippen LogP contribution is -2.50. The number of primary amides is 1. The van der Waals surface area contributed by atoms with Crippen molar-refractivity contribution in [2.75, 3.05) is 26.7 Å². The van der Waals surface area contributed by atoms with Crippen molar-refractivity contribution in [1.82, 2.24) is 15.5 Å². The van der Waals surface area contributed by atoms with E-state index >= 15 is 0 Å². The Kier molecular flexibility index (Phi) is 8.38. The van der Waals surface area contributed by atoms with Gasteiger partial charge in [-0.1, -0.05) is 18.2 Å². The van der Waals surface area contributed by atoms with Gasteiger partial charge in [0.05, 0.1) is 0 Å². The zero-order chi connectivity index (χ0) is 22.9. The van der Waals surface area contributed by atoms with Gasteiger partial charge in [0.15, 0.2) is 12.6 Å². The highest BCUT2D eigenvalue weighted by molar-refractivity contribution is 5.80. The molecule has 0 aliphatic carbocycles. The molecule has 1 heterocycles. The van der Waals surface area contributed by atoms with Crippen LogP contribution in [0.1, 0.15) is 24.0 Å². The van der Waals surface area contributed by atoms with Gasteiger partial charge in [-0.25, -0.2) is 8.78 Å². The molecule has 0 radical (unpaired) electrons. The Balaban J connectivity index is 1.52. The maximum atomic E-state index is 14.0. The maximum Gasteiger partial charge on any atom is 0.255 e. The topological polar surface area (TPSA) is 92.0 Å². The third-order valence-corrected chi connectivity index (χ3v) is 5.25. The number of carbonyl (C=O) groups is 1. The number of benzene rings is 2. The molecule has 3 rings (SSSR count). The van der Waals surface area contributed by atoms with E-state index in [1.165, 1.54) is 18.2 Å². The highest BCUT2D eigenvalue weighted by atomic mass is 19.1. The minimum absolute atomic E-state index is 0.106. The third-order valence-electron chi connectivity index (χ3n) is 5.25. The third kappa shape index (κ3) is 6.91. The van der Waals surface area contributed by atoms with Crippen LogP contribution in [0, 0.1) is 11.6 Å². The van der Waals surface area contributed by atoms with Gasteiger partial charge in [-0.3, -0.25) is 14.7 Å². The van der Waals surface area contributed by atoms with Crippen LogP contribution in [0.25, 0.3) is 0 Å². The van der Waals surface area contributed by atoms with Crippen LogP contribution in [0.15, 0.2) is 47.5 Å². The molecule has 1 aliphatic heterocycles. The number of ether oxygens (including phenoxy) is 1. The lowest BCUT2D eigenvalue weighted by Gasteiger charge is -2.34. The predicted molar refractivity (Wildman–Crippen MR) is 119 cm³/mol. The van der Waals surface area contributed by atoms with E-state index in [4.69, 9.17) is 10.5 Å². The number of carbonyl (C=O) groups excluding carboxylic acids is 1. The van der Waals surface area contributed by atoms with Crippen LogP contribution < -0.4 is 21.1 Å². The number of hydrogen-bond donors (Lipinski definition) is 3. The number of halogens is 2. The van der Waals surface area contributed by atoms with E-state index < -0.39 is 17.5 Å². The number of rotatable bonds is 8. The number of guanidine groups is 1. The number of piperidine rings is 1. The highest BCUT2D eigenvalue weighted by Gasteiger charge is 2.22. The van der Waals surface area contributed by atoms with Gasteiger partial charge in [0, 0.05) is 38.3 Å². The molecule has 2 aromatic carbocycles. The molecule has 32 heavy (non-hydrogen) atoms. The van der Waals surface area contributed by atoms with Crippen molar-refractivity contribution in [2.45, 2.75) is 32.0 Å². The standard InChI is InChI=1S/C23H29F2N5O2/c1-27-23(28-12-16-5-2-7-18(11-16)32-15-22(26)31)29-17-6-4-10-30(13-17)14-19-20(24)8-3-9-21(19)25/h2-3,5,7-9,11,17H,4,6,10,12-15H2,1H3,(H2,26,31)(H2,27,28,29). The number of nitrogens with zero attached hydrogens (tertiary/aromatic N) is 2. The van der Waals surface area contributed by atoms with E-state index in [0.29, 0.717) is 24.8 Å². The lowest BCUT2D eigenvalue weighted by molar-refractivity contribution is -0.119. The summed E-state index contributed by atoms with van der Waals surface area (Å²) in [6.45, 7) is 2.02. The molecule has 9 heteroatoms. The van der Waals surface area contributed by atoms with Gasteiger partial charge in [-0.05, 0) is 49.2 Å². The molecular weight excluding hydrogens is 416 g/mol. The van der Waals surface area contributed by atoms with Gasteiger partial charge in [-0.15, -0.1) is 0 Å². The highest BCUT2D eigenvalue weighted by Crippen LogP contribution is 2.18. The molecule has 0 bridgehead atoms. The summed E-state index contributed by atoms with van der Waals surface area (Å²) in [5.41, 5.74) is 6.17. The summed E-state index contributed by atoms with van der Waals surface area (Å²) >= 11 is 0. The molecule has 0 spiro atoms. The largest absolute Gasteiger partial charge is 0.484 e. The van der Waals surface area contributed by atoms with Crippen molar-refractivity contribution in [3.05, 3.63) is 65.2 Å². The monoisotopic (exact) mass is 445 g/mol. The zero-order valence-electron chi connectivity index (χ0n) is 18.1.